The number of Topliss-reactive ketones (excluding diaryl/α,β-unsaturated/α-hetero) is 2. The number of hydrogen-bond acceptors (Lipinski definition) is 16. The molecule has 4 fully saturated rings. The summed E-state index contributed by atoms with van der Waals surface area (Å²) < 4.78 is 31.8. The van der Waals surface area contributed by atoms with Gasteiger partial charge in [0.25, 0.3) is 11.8 Å². The molecule has 6 heterocycles. The first-order chi connectivity index (χ1) is 47.7. The summed E-state index contributed by atoms with van der Waals surface area (Å²) in [4.78, 5) is 109. The van der Waals surface area contributed by atoms with E-state index in [-0.39, 0.29) is 120 Å². The lowest BCUT2D eigenvalue weighted by molar-refractivity contribution is -0.133. The highest BCUT2D eigenvalue weighted by molar-refractivity contribution is 6.07. The molecular weight excluding hydrogens is 1260 g/mol. The minimum atomic E-state index is -1.44. The van der Waals surface area contributed by atoms with Crippen LogP contribution in [0, 0.1) is 22.7 Å². The van der Waals surface area contributed by atoms with Crippen LogP contribution in [0.5, 0.6) is 23.0 Å². The van der Waals surface area contributed by atoms with E-state index in [0.29, 0.717) is 91.4 Å². The van der Waals surface area contributed by atoms with Crippen molar-refractivity contribution in [2.24, 2.45) is 27.7 Å². The Kier molecular flexibility index (Phi) is 19.6. The Morgan fingerprint density at radius 3 is 2.01 bits per heavy atom. The Hall–Kier alpha value is -9.44. The van der Waals surface area contributed by atoms with Crippen LogP contribution < -0.4 is 34.1 Å². The number of ether oxygens (including phenoxy) is 5. The van der Waals surface area contributed by atoms with E-state index in [1.807, 2.05) is 83.1 Å². The largest absolute Gasteiger partial charge is 0.493 e. The zero-order valence-electron chi connectivity index (χ0n) is 57.6. The van der Waals surface area contributed by atoms with Crippen molar-refractivity contribution < 1.29 is 62.4 Å². The van der Waals surface area contributed by atoms with Crippen molar-refractivity contribution in [2.45, 2.75) is 174 Å². The number of carbonyl (C=O) groups excluding carboxylic acids is 7. The molecule has 7 aliphatic rings. The number of aliphatic imine (C=N–C) groups is 1. The molecule has 13 rings (SSSR count). The molecule has 5 atom stereocenters. The van der Waals surface area contributed by atoms with Crippen molar-refractivity contribution in [1.82, 2.24) is 30.1 Å². The van der Waals surface area contributed by atoms with E-state index in [4.69, 9.17) is 28.7 Å². The number of ketones is 2. The number of carbonyl (C=O) groups is 7. The molecule has 0 unspecified atom stereocenters. The van der Waals surface area contributed by atoms with E-state index < -0.39 is 30.3 Å². The number of fused-ring (bicyclic) bond motifs is 9. The van der Waals surface area contributed by atoms with Gasteiger partial charge in [-0.3, -0.25) is 33.8 Å². The summed E-state index contributed by atoms with van der Waals surface area (Å²) in [7, 11) is 3.04. The number of unbranched alkanes of at least 4 members (excludes halogenated alkanes) is 3. The smallest absolute Gasteiger partial charge is 0.416 e. The van der Waals surface area contributed by atoms with Crippen LogP contribution in [0.1, 0.15) is 168 Å². The highest BCUT2D eigenvalue weighted by Gasteiger charge is 2.58. The molecule has 0 radical (unpaired) electrons. The number of nitrogens with one attached hydrogen (secondary N) is 1. The second-order valence-corrected chi connectivity index (χ2v) is 28.8. The number of amides is 5. The lowest BCUT2D eigenvalue weighted by Crippen LogP contribution is -2.50. The second kappa shape index (κ2) is 28.4. The van der Waals surface area contributed by atoms with Crippen molar-refractivity contribution in [3.05, 3.63) is 125 Å². The Labute approximate surface area is 577 Å². The summed E-state index contributed by atoms with van der Waals surface area (Å²) >= 11 is 0. The van der Waals surface area contributed by atoms with Gasteiger partial charge in [-0.05, 0) is 143 Å². The fourth-order valence-electron chi connectivity index (χ4n) is 14.9. The van der Waals surface area contributed by atoms with E-state index in [0.717, 1.165) is 83.7 Å². The zero-order chi connectivity index (χ0) is 69.4. The van der Waals surface area contributed by atoms with Crippen molar-refractivity contribution in [3.63, 3.8) is 0 Å². The number of anilines is 2. The summed E-state index contributed by atoms with van der Waals surface area (Å²) in [6.07, 6.45) is 8.61. The number of aliphatic hydroxyl groups excluding tert-OH is 1. The average Bonchev–Trinajstić information content (AvgIpc) is 1.59. The Morgan fingerprint density at radius 1 is 0.677 bits per heavy atom. The lowest BCUT2D eigenvalue weighted by atomic mass is 9.88. The maximum atomic E-state index is 14.5. The van der Waals surface area contributed by atoms with Crippen LogP contribution >= 0.6 is 0 Å². The predicted octanol–water partition coefficient (Wildman–Crippen LogP) is 12.0. The van der Waals surface area contributed by atoms with Gasteiger partial charge >= 0.3 is 6.09 Å². The van der Waals surface area contributed by atoms with Crippen LogP contribution in [0.4, 0.5) is 21.9 Å². The molecule has 22 nitrogen and oxygen atoms in total. The molecule has 99 heavy (non-hydrogen) atoms. The number of benzene rings is 5. The van der Waals surface area contributed by atoms with Gasteiger partial charge in [-0.25, -0.2) is 14.4 Å². The quantitative estimate of drug-likeness (QED) is 0.0479. The van der Waals surface area contributed by atoms with E-state index >= 15 is 0 Å². The first-order valence-corrected chi connectivity index (χ1v) is 35.1. The lowest BCUT2D eigenvalue weighted by Gasteiger charge is -2.31. The van der Waals surface area contributed by atoms with Crippen molar-refractivity contribution in [1.29, 1.82) is 0 Å². The SMILES string of the molecule is COc1cc2c(cc1OCCCCCOc1cc3c(cc1OC)C(=O)N1CC4(CC4)C[C@H]1[C@H](O)N3C(=O)OCc1ccc(CC(=O)[C@H](C)NC(=O)[C@@H](CC(=O)CCCCC(=O)N3Cc4ccccc4-c4nnn(C(C)C)c4-c4ccccc43)C(C)C)cc1)N=C[C@@H]1CC3(CC3)CN1C2=O. The van der Waals surface area contributed by atoms with Crippen LogP contribution in [0.3, 0.4) is 0 Å². The van der Waals surface area contributed by atoms with Crippen LogP contribution in [-0.4, -0.2) is 142 Å². The molecule has 5 amide bonds. The average molecular weight is 1350 g/mol. The number of aromatic nitrogens is 3. The Morgan fingerprint density at radius 2 is 1.31 bits per heavy atom. The summed E-state index contributed by atoms with van der Waals surface area (Å²) in [5.74, 6) is -0.451. The molecule has 2 N–H and O–H groups in total. The predicted molar refractivity (Wildman–Crippen MR) is 372 cm³/mol. The number of rotatable bonds is 26. The maximum Gasteiger partial charge on any atom is 0.416 e. The summed E-state index contributed by atoms with van der Waals surface area (Å²) in [5.41, 5.74) is 7.94. The number of para-hydroxylation sites is 1. The summed E-state index contributed by atoms with van der Waals surface area (Å²) in [5, 5.41) is 24.2. The van der Waals surface area contributed by atoms with Crippen molar-refractivity contribution >= 4 is 64.6 Å². The first kappa shape index (κ1) is 68.1. The molecule has 520 valence electrons. The van der Waals surface area contributed by atoms with Gasteiger partial charge in [-0.2, -0.15) is 0 Å². The molecule has 1 aromatic heterocycles. The zero-order valence-corrected chi connectivity index (χ0v) is 57.6. The summed E-state index contributed by atoms with van der Waals surface area (Å²) in [6, 6.07) is 27.9. The highest BCUT2D eigenvalue weighted by atomic mass is 16.6. The topological polar surface area (TPSA) is 254 Å². The van der Waals surface area contributed by atoms with Gasteiger partial charge in [0, 0.05) is 80.2 Å². The molecule has 2 saturated carbocycles. The molecule has 0 bridgehead atoms. The third-order valence-corrected chi connectivity index (χ3v) is 21.1. The standard InChI is InChI=1S/C77H89N9O13/c1-46(2)56(34-53(87)18-10-14-22-68(89)82-42-51-17-9-11-19-54(51)69-70(86(47(3)4)81-80-69)55-20-12-13-21-60(55)82)71(90)79-48(5)63(88)33-49-23-25-50(26-24-49)43-99-75(94)85-61-38-67(65(96-7)36-58(61)73(92)84-45-77(29-30-77)40-62(84)74(85)93)98-32-16-8-15-31-97-66-37-59-57(35-64(66)95-6)72(91)83-44-76(27-28-76)39-52(83)41-78-59/h9,11-13,17,19-21,23-26,35-38,41,46-48,52,56,62,74,93H,8,10,14-16,18,22,27-34,39-40,42-45H2,1-7H3,(H,79,90)/t48-,52-,56-,62-,74-/m0/s1. The second-order valence-electron chi connectivity index (χ2n) is 28.8. The number of hydrogen-bond donors (Lipinski definition) is 2. The minimum Gasteiger partial charge on any atom is -0.493 e. The van der Waals surface area contributed by atoms with Crippen molar-refractivity contribution in [2.75, 3.05) is 50.3 Å². The molecule has 6 aromatic rings. The van der Waals surface area contributed by atoms with Crippen LogP contribution in [-0.2, 0) is 43.5 Å². The van der Waals surface area contributed by atoms with Gasteiger partial charge in [0.15, 0.2) is 35.0 Å². The molecule has 5 aromatic carbocycles. The summed E-state index contributed by atoms with van der Waals surface area (Å²) in [6.45, 7) is 11.5. The molecule has 5 aliphatic heterocycles. The molecule has 2 aliphatic carbocycles. The van der Waals surface area contributed by atoms with E-state index in [2.05, 4.69) is 29.5 Å². The van der Waals surface area contributed by atoms with Gasteiger partial charge in [-0.15, -0.1) is 5.10 Å². The van der Waals surface area contributed by atoms with Crippen LogP contribution in [0.25, 0.3) is 22.5 Å². The van der Waals surface area contributed by atoms with Crippen LogP contribution in [0.2, 0.25) is 0 Å². The van der Waals surface area contributed by atoms with Crippen molar-refractivity contribution in [3.8, 4) is 45.5 Å². The van der Waals surface area contributed by atoms with Gasteiger partial charge in [0.2, 0.25) is 11.8 Å². The van der Waals surface area contributed by atoms with Crippen LogP contribution in [0.15, 0.2) is 102 Å². The van der Waals surface area contributed by atoms with E-state index in [9.17, 15) is 38.7 Å². The molecule has 2 saturated heterocycles. The molecular formula is C77H89N9O13. The number of aliphatic hydroxyl groups is 1. The monoisotopic (exact) mass is 1350 g/mol. The Bertz CT molecular complexity index is 4140. The van der Waals surface area contributed by atoms with E-state index in [1.54, 1.807) is 67.5 Å². The molecule has 2 spiro atoms. The van der Waals surface area contributed by atoms with Gasteiger partial charge in [-0.1, -0.05) is 85.8 Å². The van der Waals surface area contributed by atoms with Gasteiger partial charge < -0.3 is 48.8 Å². The minimum absolute atomic E-state index is 0.000534. The number of methoxy groups -OCH3 is 2. The normalized spacial score (nSPS) is 19.3. The fourth-order valence-corrected chi connectivity index (χ4v) is 14.9. The molecule has 22 heteroatoms. The van der Waals surface area contributed by atoms with E-state index in [1.165, 1.54) is 7.11 Å². The maximum absolute atomic E-state index is 14.5. The van der Waals surface area contributed by atoms with Gasteiger partial charge in [0.1, 0.15) is 18.1 Å². The first-order valence-electron chi connectivity index (χ1n) is 35.1. The highest BCUT2D eigenvalue weighted by Crippen LogP contribution is 2.58. The third kappa shape index (κ3) is 14.1. The van der Waals surface area contributed by atoms with Gasteiger partial charge in [0.05, 0.1) is 86.0 Å². The fraction of sp³-hybridized carbons (Fsp3) is 0.481. The Balaban J connectivity index is 0.581. The number of nitrogens with zero attached hydrogens (tertiary/aromatic N) is 8. The third-order valence-electron chi connectivity index (χ3n) is 21.1.